The predicted octanol–water partition coefficient (Wildman–Crippen LogP) is 2.76. The van der Waals surface area contributed by atoms with Crippen molar-refractivity contribution < 1.29 is 28.2 Å². The molecule has 1 aliphatic rings. The summed E-state index contributed by atoms with van der Waals surface area (Å²) >= 11 is 5.85. The second kappa shape index (κ2) is 9.01. The third kappa shape index (κ3) is 4.30. The van der Waals surface area contributed by atoms with Gasteiger partial charge < -0.3 is 19.5 Å². The number of rotatable bonds is 5. The van der Waals surface area contributed by atoms with E-state index >= 15 is 0 Å². The molecule has 10 nitrogen and oxygen atoms in total. The number of esters is 2. The molecule has 0 radical (unpaired) electrons. The molecule has 1 aliphatic heterocycles. The summed E-state index contributed by atoms with van der Waals surface area (Å²) in [5.74, 6) is 0.703. The van der Waals surface area contributed by atoms with Gasteiger partial charge in [0.25, 0.3) is 0 Å². The molecule has 3 heterocycles. The molecule has 1 fully saturated rings. The molecule has 170 valence electrons. The van der Waals surface area contributed by atoms with Crippen LogP contribution >= 0.6 is 11.6 Å². The van der Waals surface area contributed by atoms with E-state index in [0.29, 0.717) is 0 Å². The summed E-state index contributed by atoms with van der Waals surface area (Å²) in [4.78, 5) is 36.0. The van der Waals surface area contributed by atoms with Gasteiger partial charge in [0.1, 0.15) is 6.33 Å². The molecule has 4 rings (SSSR count). The van der Waals surface area contributed by atoms with Crippen LogP contribution in [-0.4, -0.2) is 49.8 Å². The van der Waals surface area contributed by atoms with Gasteiger partial charge in [-0.05, 0) is 12.1 Å². The molecule has 2 aromatic heterocycles. The van der Waals surface area contributed by atoms with Crippen molar-refractivity contribution in [3.8, 4) is 12.3 Å². The van der Waals surface area contributed by atoms with Gasteiger partial charge in [0, 0.05) is 13.8 Å². The molecule has 0 spiro atoms. The number of benzene rings is 1. The van der Waals surface area contributed by atoms with Crippen molar-refractivity contribution in [3.63, 3.8) is 0 Å². The zero-order chi connectivity index (χ0) is 23.7. The number of anilines is 2. The van der Waals surface area contributed by atoms with Gasteiger partial charge in [0.15, 0.2) is 47.3 Å². The molecule has 3 aromatic rings. The maximum Gasteiger partial charge on any atom is 0.303 e. The van der Waals surface area contributed by atoms with Crippen LogP contribution in [0.25, 0.3) is 11.2 Å². The van der Waals surface area contributed by atoms with Crippen LogP contribution in [-0.2, 0) is 23.8 Å². The van der Waals surface area contributed by atoms with Crippen molar-refractivity contribution in [2.75, 3.05) is 5.32 Å². The van der Waals surface area contributed by atoms with Gasteiger partial charge >= 0.3 is 11.9 Å². The van der Waals surface area contributed by atoms with Crippen molar-refractivity contribution in [1.82, 2.24) is 19.5 Å². The van der Waals surface area contributed by atoms with Crippen LogP contribution in [0.4, 0.5) is 15.9 Å². The molecule has 1 N–H and O–H groups in total. The standard InChI is InChI=1S/C21H17ClFN5O5/c1-4-14-17(31-10(2)29)18(32-11(3)30)21(33-14)28-9-26-16-19(24-8-25-20(16)28)27-13-7-5-6-12(22)15(13)23/h1,5-9,14,17-18,21H,2-3H3,(H,24,25,27). The Kier molecular flexibility index (Phi) is 6.13. The lowest BCUT2D eigenvalue weighted by Gasteiger charge is -2.23. The summed E-state index contributed by atoms with van der Waals surface area (Å²) in [6, 6.07) is 4.49. The summed E-state index contributed by atoms with van der Waals surface area (Å²) < 4.78 is 32.3. The van der Waals surface area contributed by atoms with Crippen molar-refractivity contribution >= 4 is 46.2 Å². The molecular weight excluding hydrogens is 457 g/mol. The second-order valence-electron chi connectivity index (χ2n) is 7.03. The van der Waals surface area contributed by atoms with Crippen molar-refractivity contribution in [3.05, 3.63) is 41.7 Å². The molecule has 1 aromatic carbocycles. The summed E-state index contributed by atoms with van der Waals surface area (Å²) in [7, 11) is 0. The van der Waals surface area contributed by atoms with Crippen molar-refractivity contribution in [2.24, 2.45) is 0 Å². The van der Waals surface area contributed by atoms with E-state index in [-0.39, 0.29) is 27.7 Å². The maximum atomic E-state index is 14.3. The zero-order valence-corrected chi connectivity index (χ0v) is 18.1. The first kappa shape index (κ1) is 22.4. The molecule has 33 heavy (non-hydrogen) atoms. The molecule has 4 atom stereocenters. The van der Waals surface area contributed by atoms with Crippen LogP contribution in [0.3, 0.4) is 0 Å². The monoisotopic (exact) mass is 473 g/mol. The normalized spacial score (nSPS) is 22.0. The predicted molar refractivity (Wildman–Crippen MR) is 114 cm³/mol. The fourth-order valence-electron chi connectivity index (χ4n) is 3.49. The lowest BCUT2D eigenvalue weighted by atomic mass is 10.1. The molecule has 0 bridgehead atoms. The van der Waals surface area contributed by atoms with E-state index in [9.17, 15) is 14.0 Å². The number of carbonyl (C=O) groups is 2. The molecule has 0 aliphatic carbocycles. The fraction of sp³-hybridized carbons (Fsp3) is 0.286. The number of hydrogen-bond acceptors (Lipinski definition) is 9. The Morgan fingerprint density at radius 1 is 1.21 bits per heavy atom. The van der Waals surface area contributed by atoms with Crippen molar-refractivity contribution in [2.45, 2.75) is 38.4 Å². The quantitative estimate of drug-likeness (QED) is 0.440. The summed E-state index contributed by atoms with van der Waals surface area (Å²) in [5, 5.41) is 2.78. The Hall–Kier alpha value is -3.75. The number of terminal acetylenes is 1. The van der Waals surface area contributed by atoms with Gasteiger partial charge in [0.05, 0.1) is 17.0 Å². The number of nitrogens with zero attached hydrogens (tertiary/aromatic N) is 4. The van der Waals surface area contributed by atoms with Crippen LogP contribution in [0, 0.1) is 18.2 Å². The topological polar surface area (TPSA) is 117 Å². The highest BCUT2D eigenvalue weighted by molar-refractivity contribution is 6.31. The number of ether oxygens (including phenoxy) is 3. The maximum absolute atomic E-state index is 14.3. The van der Waals surface area contributed by atoms with Gasteiger partial charge in [-0.15, -0.1) is 6.42 Å². The minimum atomic E-state index is -1.07. The van der Waals surface area contributed by atoms with Gasteiger partial charge in [-0.1, -0.05) is 23.6 Å². The van der Waals surface area contributed by atoms with Gasteiger partial charge in [-0.2, -0.15) is 0 Å². The minimum Gasteiger partial charge on any atom is -0.455 e. The number of hydrogen-bond donors (Lipinski definition) is 1. The number of nitrogens with one attached hydrogen (secondary N) is 1. The number of imidazole rings is 1. The Labute approximate surface area is 192 Å². The number of aromatic nitrogens is 4. The van der Waals surface area contributed by atoms with E-state index in [0.717, 1.165) is 0 Å². The minimum absolute atomic E-state index is 0.0590. The first-order valence-corrected chi connectivity index (χ1v) is 10.0. The highest BCUT2D eigenvalue weighted by Gasteiger charge is 2.50. The first-order valence-electron chi connectivity index (χ1n) is 9.64. The van der Waals surface area contributed by atoms with Crippen LogP contribution < -0.4 is 5.32 Å². The van der Waals surface area contributed by atoms with Crippen molar-refractivity contribution in [1.29, 1.82) is 0 Å². The van der Waals surface area contributed by atoms with E-state index in [1.165, 1.54) is 43.2 Å². The summed E-state index contributed by atoms with van der Waals surface area (Å²) in [5.41, 5.74) is 0.640. The van der Waals surface area contributed by atoms with Gasteiger partial charge in [0.2, 0.25) is 0 Å². The third-order valence-corrected chi connectivity index (χ3v) is 5.09. The highest BCUT2D eigenvalue weighted by atomic mass is 35.5. The molecule has 1 saturated heterocycles. The number of carbonyl (C=O) groups excluding carboxylic acids is 2. The van der Waals surface area contributed by atoms with Crippen LogP contribution in [0.5, 0.6) is 0 Å². The Balaban J connectivity index is 1.74. The van der Waals surface area contributed by atoms with Gasteiger partial charge in [-0.25, -0.2) is 19.3 Å². The lowest BCUT2D eigenvalue weighted by Crippen LogP contribution is -2.38. The van der Waals surface area contributed by atoms with Crippen LogP contribution in [0.1, 0.15) is 20.1 Å². The van der Waals surface area contributed by atoms with Crippen LogP contribution in [0.15, 0.2) is 30.9 Å². The second-order valence-corrected chi connectivity index (χ2v) is 7.44. The average Bonchev–Trinajstić information content (AvgIpc) is 3.33. The van der Waals surface area contributed by atoms with E-state index < -0.39 is 42.3 Å². The van der Waals surface area contributed by atoms with Gasteiger partial charge in [-0.3, -0.25) is 14.2 Å². The molecule has 4 unspecified atom stereocenters. The lowest BCUT2D eigenvalue weighted by molar-refractivity contribution is -0.165. The first-order chi connectivity index (χ1) is 15.8. The van der Waals surface area contributed by atoms with E-state index in [1.54, 1.807) is 6.07 Å². The largest absolute Gasteiger partial charge is 0.455 e. The highest BCUT2D eigenvalue weighted by Crippen LogP contribution is 2.36. The van der Waals surface area contributed by atoms with E-state index in [1.807, 2.05) is 0 Å². The molecular formula is C21H17ClFN5O5. The van der Waals surface area contributed by atoms with E-state index in [4.69, 9.17) is 32.2 Å². The SMILES string of the molecule is C#CC1OC(n2cnc3c(Nc4cccc(Cl)c4F)ncnc32)C(OC(C)=O)C1OC(C)=O. The summed E-state index contributed by atoms with van der Waals surface area (Å²) in [6.45, 7) is 2.42. The molecule has 0 saturated carbocycles. The average molecular weight is 474 g/mol. The smallest absolute Gasteiger partial charge is 0.303 e. The Morgan fingerprint density at radius 3 is 2.64 bits per heavy atom. The number of halogens is 2. The Morgan fingerprint density at radius 2 is 1.94 bits per heavy atom. The fourth-order valence-corrected chi connectivity index (χ4v) is 3.67. The summed E-state index contributed by atoms with van der Waals surface area (Å²) in [6.07, 6.45) is 4.06. The number of fused-ring (bicyclic) bond motifs is 1. The third-order valence-electron chi connectivity index (χ3n) is 4.80. The Bertz CT molecular complexity index is 1280. The molecule has 0 amide bonds. The van der Waals surface area contributed by atoms with E-state index in [2.05, 4.69) is 26.2 Å². The molecule has 12 heteroatoms. The van der Waals surface area contributed by atoms with Crippen LogP contribution in [0.2, 0.25) is 5.02 Å². The zero-order valence-electron chi connectivity index (χ0n) is 17.4.